The van der Waals surface area contributed by atoms with Gasteiger partial charge in [-0.3, -0.25) is 10.00 Å². The molecule has 0 radical (unpaired) electrons. The Morgan fingerprint density at radius 3 is 2.96 bits per heavy atom. The second kappa shape index (κ2) is 6.42. The molecule has 3 aromatic heterocycles. The summed E-state index contributed by atoms with van der Waals surface area (Å²) in [7, 11) is 0. The number of nitrogens with one attached hydrogen (secondary N) is 2. The lowest BCUT2D eigenvalue weighted by Gasteiger charge is -2.34. The molecule has 2 N–H and O–H groups in total. The average Bonchev–Trinajstić information content (AvgIpc) is 3.10. The molecule has 0 spiro atoms. The third-order valence-electron chi connectivity index (χ3n) is 6.26. The van der Waals surface area contributed by atoms with E-state index >= 15 is 0 Å². The van der Waals surface area contributed by atoms with Crippen molar-refractivity contribution >= 4 is 39.1 Å². The van der Waals surface area contributed by atoms with Gasteiger partial charge in [-0.15, -0.1) is 11.3 Å². The summed E-state index contributed by atoms with van der Waals surface area (Å²) in [6, 6.07) is 5.40. The zero-order valence-corrected chi connectivity index (χ0v) is 16.9. The van der Waals surface area contributed by atoms with Crippen molar-refractivity contribution in [2.75, 3.05) is 29.9 Å². The topological polar surface area (TPSA) is 73.0 Å². The first-order chi connectivity index (χ1) is 13.8. The maximum atomic E-state index is 4.96. The fourth-order valence-electron chi connectivity index (χ4n) is 4.74. The van der Waals surface area contributed by atoms with Gasteiger partial charge in [0.15, 0.2) is 5.82 Å². The van der Waals surface area contributed by atoms with Crippen LogP contribution >= 0.6 is 11.3 Å². The molecule has 2 atom stereocenters. The number of thiophene rings is 1. The normalized spacial score (nSPS) is 24.5. The highest BCUT2D eigenvalue weighted by Crippen LogP contribution is 2.40. The van der Waals surface area contributed by atoms with Gasteiger partial charge in [-0.05, 0) is 43.7 Å². The Hall–Kier alpha value is -2.19. The molecule has 1 saturated carbocycles. The van der Waals surface area contributed by atoms with Crippen LogP contribution in [0, 0.1) is 0 Å². The molecule has 3 aliphatic rings. The summed E-state index contributed by atoms with van der Waals surface area (Å²) in [6.07, 6.45) is 4.97. The number of fused-ring (bicyclic) bond motifs is 3. The Morgan fingerprint density at radius 2 is 2.18 bits per heavy atom. The Balaban J connectivity index is 1.29. The summed E-state index contributed by atoms with van der Waals surface area (Å²) in [6.45, 7) is 5.64. The number of hydrogen-bond donors (Lipinski definition) is 2. The predicted octanol–water partition coefficient (Wildman–Crippen LogP) is 3.71. The zero-order valence-electron chi connectivity index (χ0n) is 16.1. The van der Waals surface area contributed by atoms with E-state index in [0.29, 0.717) is 18.0 Å². The van der Waals surface area contributed by atoms with Crippen molar-refractivity contribution in [2.45, 2.75) is 50.6 Å². The second-order valence-corrected chi connectivity index (χ2v) is 9.22. The fourth-order valence-corrected chi connectivity index (χ4v) is 5.51. The minimum absolute atomic E-state index is 0.536. The zero-order chi connectivity index (χ0) is 18.7. The molecule has 2 unspecified atom stereocenters. The van der Waals surface area contributed by atoms with Crippen LogP contribution in [0.1, 0.15) is 44.2 Å². The molecule has 0 aromatic carbocycles. The van der Waals surface area contributed by atoms with E-state index in [-0.39, 0.29) is 0 Å². The molecule has 6 rings (SSSR count). The summed E-state index contributed by atoms with van der Waals surface area (Å²) >= 11 is 1.68. The van der Waals surface area contributed by atoms with Crippen LogP contribution in [0.25, 0.3) is 10.2 Å². The SMILES string of the molecule is CCCN1CC2CC1CN2c1nc(Nc2cc(C3CC3)n[nH]2)c2sccc2n1. The minimum atomic E-state index is 0.536. The van der Waals surface area contributed by atoms with Crippen LogP contribution in [-0.4, -0.2) is 56.8 Å². The van der Waals surface area contributed by atoms with E-state index in [4.69, 9.17) is 9.97 Å². The molecule has 2 aliphatic heterocycles. The first-order valence-corrected chi connectivity index (χ1v) is 11.2. The van der Waals surface area contributed by atoms with Crippen molar-refractivity contribution in [2.24, 2.45) is 0 Å². The minimum Gasteiger partial charge on any atom is -0.335 e. The number of piperazine rings is 1. The highest BCUT2D eigenvalue weighted by Gasteiger charge is 2.43. The summed E-state index contributed by atoms with van der Waals surface area (Å²) in [5.74, 6) is 3.30. The lowest BCUT2D eigenvalue weighted by molar-refractivity contribution is 0.238. The number of rotatable bonds is 6. The monoisotopic (exact) mass is 395 g/mol. The third kappa shape index (κ3) is 2.78. The van der Waals surface area contributed by atoms with Crippen molar-refractivity contribution in [3.05, 3.63) is 23.2 Å². The third-order valence-corrected chi connectivity index (χ3v) is 7.17. The number of H-pyrrole nitrogens is 1. The quantitative estimate of drug-likeness (QED) is 0.663. The molecule has 146 valence electrons. The van der Waals surface area contributed by atoms with Crippen LogP contribution in [0.4, 0.5) is 17.6 Å². The van der Waals surface area contributed by atoms with E-state index in [2.05, 4.69) is 49.8 Å². The highest BCUT2D eigenvalue weighted by molar-refractivity contribution is 7.17. The van der Waals surface area contributed by atoms with E-state index < -0.39 is 0 Å². The number of anilines is 3. The van der Waals surface area contributed by atoms with E-state index in [1.54, 1.807) is 11.3 Å². The average molecular weight is 396 g/mol. The summed E-state index contributed by atoms with van der Waals surface area (Å²) in [4.78, 5) is 14.9. The lowest BCUT2D eigenvalue weighted by Crippen LogP contribution is -2.47. The number of nitrogens with zero attached hydrogens (tertiary/aromatic N) is 5. The van der Waals surface area contributed by atoms with Crippen LogP contribution in [0.3, 0.4) is 0 Å². The van der Waals surface area contributed by atoms with Gasteiger partial charge in [-0.1, -0.05) is 6.92 Å². The summed E-state index contributed by atoms with van der Waals surface area (Å²) < 4.78 is 1.10. The van der Waals surface area contributed by atoms with Gasteiger partial charge in [0.2, 0.25) is 5.95 Å². The van der Waals surface area contributed by atoms with Crippen LogP contribution in [0.15, 0.2) is 17.5 Å². The molecule has 3 fully saturated rings. The van der Waals surface area contributed by atoms with E-state index in [9.17, 15) is 0 Å². The Morgan fingerprint density at radius 1 is 1.25 bits per heavy atom. The second-order valence-electron chi connectivity index (χ2n) is 8.30. The molecule has 28 heavy (non-hydrogen) atoms. The number of aromatic nitrogens is 4. The Bertz CT molecular complexity index is 1010. The molecule has 0 amide bonds. The van der Waals surface area contributed by atoms with Gasteiger partial charge in [0.1, 0.15) is 5.82 Å². The highest BCUT2D eigenvalue weighted by atomic mass is 32.1. The van der Waals surface area contributed by atoms with Crippen molar-refractivity contribution in [1.29, 1.82) is 0 Å². The summed E-state index contributed by atoms with van der Waals surface area (Å²) in [5.41, 5.74) is 2.18. The van der Waals surface area contributed by atoms with Gasteiger partial charge in [0.25, 0.3) is 0 Å². The standard InChI is InChI=1S/C20H25N7S/c1-2-6-26-10-14-8-13(26)11-27(14)20-21-15-5-7-28-18(15)19(23-20)22-17-9-16(24-25-17)12-3-4-12/h5,7,9,12-14H,2-4,6,8,10-11H2,1H3,(H2,21,22,23,24,25). The smallest absolute Gasteiger partial charge is 0.228 e. The van der Waals surface area contributed by atoms with Crippen molar-refractivity contribution in [3.63, 3.8) is 0 Å². The van der Waals surface area contributed by atoms with Crippen molar-refractivity contribution in [3.8, 4) is 0 Å². The van der Waals surface area contributed by atoms with E-state index in [1.807, 2.05) is 0 Å². The lowest BCUT2D eigenvalue weighted by atomic mass is 10.2. The summed E-state index contributed by atoms with van der Waals surface area (Å²) in [5, 5.41) is 13.2. The van der Waals surface area contributed by atoms with Gasteiger partial charge in [-0.25, -0.2) is 4.98 Å². The Kier molecular flexibility index (Phi) is 3.84. The van der Waals surface area contributed by atoms with Gasteiger partial charge in [0.05, 0.1) is 15.9 Å². The number of likely N-dealkylation sites (tertiary alicyclic amines) is 1. The van der Waals surface area contributed by atoms with E-state index in [1.165, 1.54) is 32.2 Å². The van der Waals surface area contributed by atoms with Gasteiger partial charge in [-0.2, -0.15) is 10.1 Å². The molecule has 1 aliphatic carbocycles. The van der Waals surface area contributed by atoms with Gasteiger partial charge in [0, 0.05) is 37.2 Å². The molecule has 3 aromatic rings. The van der Waals surface area contributed by atoms with Crippen LogP contribution in [-0.2, 0) is 0 Å². The Labute approximate surface area is 168 Å². The van der Waals surface area contributed by atoms with Crippen LogP contribution < -0.4 is 10.2 Å². The molecular weight excluding hydrogens is 370 g/mol. The van der Waals surface area contributed by atoms with Crippen LogP contribution in [0.2, 0.25) is 0 Å². The van der Waals surface area contributed by atoms with Crippen molar-refractivity contribution in [1.82, 2.24) is 25.1 Å². The molecule has 5 heterocycles. The maximum absolute atomic E-state index is 4.96. The molecule has 2 bridgehead atoms. The number of aromatic amines is 1. The fraction of sp³-hybridized carbons (Fsp3) is 0.550. The van der Waals surface area contributed by atoms with Crippen molar-refractivity contribution < 1.29 is 0 Å². The predicted molar refractivity (Wildman–Crippen MR) is 113 cm³/mol. The van der Waals surface area contributed by atoms with Gasteiger partial charge >= 0.3 is 0 Å². The maximum Gasteiger partial charge on any atom is 0.228 e. The first-order valence-electron chi connectivity index (χ1n) is 10.4. The largest absolute Gasteiger partial charge is 0.335 e. The molecule has 8 heteroatoms. The first kappa shape index (κ1) is 16.7. The number of hydrogen-bond acceptors (Lipinski definition) is 7. The van der Waals surface area contributed by atoms with Crippen LogP contribution in [0.5, 0.6) is 0 Å². The molecular formula is C20H25N7S. The molecule has 2 saturated heterocycles. The molecule has 7 nitrogen and oxygen atoms in total. The van der Waals surface area contributed by atoms with E-state index in [0.717, 1.165) is 46.6 Å². The van der Waals surface area contributed by atoms with Gasteiger partial charge < -0.3 is 10.2 Å².